The van der Waals surface area contributed by atoms with Crippen LogP contribution in [-0.4, -0.2) is 5.24 Å². The zero-order valence-electron chi connectivity index (χ0n) is 6.60. The standard InChI is InChI=1S/C9H8ClFO/c1-6-2-3-7(5-9(10)12)8(11)4-6/h2-4H,5H2,1H3. The smallest absolute Gasteiger partial charge is 0.226 e. The maximum atomic E-state index is 13.0. The molecular weight excluding hydrogens is 179 g/mol. The molecular formula is C9H8ClFO. The summed E-state index contributed by atoms with van der Waals surface area (Å²) < 4.78 is 13.0. The van der Waals surface area contributed by atoms with Gasteiger partial charge >= 0.3 is 0 Å². The van der Waals surface area contributed by atoms with Crippen molar-refractivity contribution < 1.29 is 9.18 Å². The van der Waals surface area contributed by atoms with Gasteiger partial charge in [-0.15, -0.1) is 0 Å². The minimum Gasteiger partial charge on any atom is -0.281 e. The molecule has 0 atom stereocenters. The van der Waals surface area contributed by atoms with Crippen molar-refractivity contribution in [2.75, 3.05) is 0 Å². The highest BCUT2D eigenvalue weighted by Gasteiger charge is 2.05. The third-order valence-electron chi connectivity index (χ3n) is 1.54. The van der Waals surface area contributed by atoms with Gasteiger partial charge in [-0.2, -0.15) is 0 Å². The molecule has 0 bridgehead atoms. The molecule has 0 saturated carbocycles. The van der Waals surface area contributed by atoms with E-state index in [-0.39, 0.29) is 12.2 Å². The largest absolute Gasteiger partial charge is 0.281 e. The third-order valence-corrected chi connectivity index (χ3v) is 1.67. The molecule has 0 amide bonds. The molecule has 1 aromatic rings. The maximum Gasteiger partial charge on any atom is 0.226 e. The quantitative estimate of drug-likeness (QED) is 0.649. The predicted octanol–water partition coefficient (Wildman–Crippen LogP) is 2.44. The number of carbonyl (C=O) groups is 1. The first-order valence-electron chi connectivity index (χ1n) is 3.53. The first-order chi connectivity index (χ1) is 5.59. The van der Waals surface area contributed by atoms with Gasteiger partial charge in [-0.25, -0.2) is 4.39 Å². The van der Waals surface area contributed by atoms with Crippen LogP contribution in [0.25, 0.3) is 0 Å². The van der Waals surface area contributed by atoms with Crippen LogP contribution in [0.5, 0.6) is 0 Å². The summed E-state index contributed by atoms with van der Waals surface area (Å²) in [4.78, 5) is 10.4. The lowest BCUT2D eigenvalue weighted by Crippen LogP contribution is -1.97. The van der Waals surface area contributed by atoms with Gasteiger partial charge in [0.05, 0.1) is 0 Å². The van der Waals surface area contributed by atoms with Gasteiger partial charge in [-0.05, 0) is 35.7 Å². The molecule has 12 heavy (non-hydrogen) atoms. The Kier molecular flexibility index (Phi) is 2.82. The molecule has 0 aliphatic carbocycles. The predicted molar refractivity (Wildman–Crippen MR) is 45.7 cm³/mol. The molecule has 0 aliphatic rings. The van der Waals surface area contributed by atoms with Gasteiger partial charge in [0.15, 0.2) is 0 Å². The summed E-state index contributed by atoms with van der Waals surface area (Å²) >= 11 is 5.12. The Hall–Kier alpha value is -0.890. The molecule has 0 fully saturated rings. The lowest BCUT2D eigenvalue weighted by molar-refractivity contribution is -0.111. The van der Waals surface area contributed by atoms with E-state index < -0.39 is 5.24 Å². The van der Waals surface area contributed by atoms with Crippen LogP contribution in [0.2, 0.25) is 0 Å². The minimum atomic E-state index is -0.544. The maximum absolute atomic E-state index is 13.0. The molecule has 0 unspecified atom stereocenters. The highest BCUT2D eigenvalue weighted by molar-refractivity contribution is 6.63. The summed E-state index contributed by atoms with van der Waals surface area (Å²) in [6.45, 7) is 1.79. The van der Waals surface area contributed by atoms with E-state index in [1.807, 2.05) is 0 Å². The van der Waals surface area contributed by atoms with E-state index in [4.69, 9.17) is 11.6 Å². The van der Waals surface area contributed by atoms with E-state index in [0.29, 0.717) is 5.56 Å². The van der Waals surface area contributed by atoms with Crippen molar-refractivity contribution in [1.82, 2.24) is 0 Å². The molecule has 0 aliphatic heterocycles. The fraction of sp³-hybridized carbons (Fsp3) is 0.222. The molecule has 64 valence electrons. The molecule has 0 N–H and O–H groups in total. The van der Waals surface area contributed by atoms with Crippen molar-refractivity contribution in [2.24, 2.45) is 0 Å². The monoisotopic (exact) mass is 186 g/mol. The summed E-state index contributed by atoms with van der Waals surface area (Å²) in [5.74, 6) is -0.371. The number of hydrogen-bond donors (Lipinski definition) is 0. The van der Waals surface area contributed by atoms with Crippen LogP contribution >= 0.6 is 11.6 Å². The van der Waals surface area contributed by atoms with Crippen LogP contribution in [0.1, 0.15) is 11.1 Å². The molecule has 3 heteroatoms. The van der Waals surface area contributed by atoms with Gasteiger partial charge in [-0.3, -0.25) is 4.79 Å². The summed E-state index contributed by atoms with van der Waals surface area (Å²) in [5, 5.41) is -0.544. The van der Waals surface area contributed by atoms with Crippen molar-refractivity contribution in [3.8, 4) is 0 Å². The van der Waals surface area contributed by atoms with Crippen molar-refractivity contribution in [1.29, 1.82) is 0 Å². The SMILES string of the molecule is Cc1ccc(CC(=O)Cl)c(F)c1. The van der Waals surface area contributed by atoms with Crippen molar-refractivity contribution >= 4 is 16.8 Å². The van der Waals surface area contributed by atoms with Gasteiger partial charge in [0, 0.05) is 6.42 Å². The van der Waals surface area contributed by atoms with Crippen LogP contribution in [0.3, 0.4) is 0 Å². The topological polar surface area (TPSA) is 17.1 Å². The van der Waals surface area contributed by atoms with E-state index in [9.17, 15) is 9.18 Å². The van der Waals surface area contributed by atoms with Crippen LogP contribution in [0.15, 0.2) is 18.2 Å². The Morgan fingerprint density at radius 2 is 2.25 bits per heavy atom. The average Bonchev–Trinajstić information content (AvgIpc) is 1.94. The number of benzene rings is 1. The number of halogens is 2. The second-order valence-corrected chi connectivity index (χ2v) is 3.05. The molecule has 0 aromatic heterocycles. The Bertz CT molecular complexity index is 309. The van der Waals surface area contributed by atoms with Crippen molar-refractivity contribution in [2.45, 2.75) is 13.3 Å². The molecule has 0 saturated heterocycles. The Balaban J connectivity index is 2.93. The number of hydrogen-bond acceptors (Lipinski definition) is 1. The highest BCUT2D eigenvalue weighted by atomic mass is 35.5. The Morgan fingerprint density at radius 1 is 1.58 bits per heavy atom. The van der Waals surface area contributed by atoms with E-state index in [0.717, 1.165) is 5.56 Å². The van der Waals surface area contributed by atoms with Crippen LogP contribution in [0.4, 0.5) is 4.39 Å². The van der Waals surface area contributed by atoms with E-state index in [1.165, 1.54) is 6.07 Å². The zero-order chi connectivity index (χ0) is 9.14. The third kappa shape index (κ3) is 2.31. The van der Waals surface area contributed by atoms with Crippen molar-refractivity contribution in [3.05, 3.63) is 35.1 Å². The van der Waals surface area contributed by atoms with Gasteiger partial charge in [-0.1, -0.05) is 12.1 Å². The summed E-state index contributed by atoms with van der Waals surface area (Å²) in [6.07, 6.45) is -0.0479. The molecule has 1 aromatic carbocycles. The van der Waals surface area contributed by atoms with Crippen molar-refractivity contribution in [3.63, 3.8) is 0 Å². The van der Waals surface area contributed by atoms with Crippen LogP contribution < -0.4 is 0 Å². The summed E-state index contributed by atoms with van der Waals surface area (Å²) in [5.41, 5.74) is 1.18. The average molecular weight is 187 g/mol. The fourth-order valence-corrected chi connectivity index (χ4v) is 1.09. The Labute approximate surface area is 75.2 Å². The van der Waals surface area contributed by atoms with Gasteiger partial charge in [0.1, 0.15) is 5.82 Å². The Morgan fingerprint density at radius 3 is 2.75 bits per heavy atom. The summed E-state index contributed by atoms with van der Waals surface area (Å²) in [6, 6.07) is 4.71. The lowest BCUT2D eigenvalue weighted by Gasteiger charge is -1.99. The normalized spacial score (nSPS) is 9.92. The first-order valence-corrected chi connectivity index (χ1v) is 3.91. The molecule has 0 heterocycles. The van der Waals surface area contributed by atoms with E-state index in [1.54, 1.807) is 19.1 Å². The van der Waals surface area contributed by atoms with Crippen LogP contribution in [0, 0.1) is 12.7 Å². The second kappa shape index (κ2) is 3.68. The van der Waals surface area contributed by atoms with E-state index in [2.05, 4.69) is 0 Å². The van der Waals surface area contributed by atoms with E-state index >= 15 is 0 Å². The lowest BCUT2D eigenvalue weighted by atomic mass is 10.1. The molecule has 1 nitrogen and oxygen atoms in total. The summed E-state index contributed by atoms with van der Waals surface area (Å²) in [7, 11) is 0. The molecule has 0 radical (unpaired) electrons. The van der Waals surface area contributed by atoms with Gasteiger partial charge in [0.25, 0.3) is 0 Å². The number of aryl methyl sites for hydroxylation is 1. The second-order valence-electron chi connectivity index (χ2n) is 2.63. The number of carbonyl (C=O) groups excluding carboxylic acids is 1. The van der Waals surface area contributed by atoms with Crippen LogP contribution in [-0.2, 0) is 11.2 Å². The van der Waals surface area contributed by atoms with Gasteiger partial charge < -0.3 is 0 Å². The fourth-order valence-electron chi connectivity index (χ4n) is 0.945. The molecule has 1 rings (SSSR count). The number of rotatable bonds is 2. The highest BCUT2D eigenvalue weighted by Crippen LogP contribution is 2.11. The molecule has 0 spiro atoms. The zero-order valence-corrected chi connectivity index (χ0v) is 7.36. The first kappa shape index (κ1) is 9.20. The minimum absolute atomic E-state index is 0.0479. The van der Waals surface area contributed by atoms with Gasteiger partial charge in [0.2, 0.25) is 5.24 Å².